The zero-order chi connectivity index (χ0) is 13.2. The number of pyridine rings is 1. The van der Waals surface area contributed by atoms with Crippen molar-refractivity contribution in [3.63, 3.8) is 0 Å². The highest BCUT2D eigenvalue weighted by molar-refractivity contribution is 9.10. The fourth-order valence-electron chi connectivity index (χ4n) is 2.40. The fourth-order valence-corrected chi connectivity index (χ4v) is 2.85. The quantitative estimate of drug-likeness (QED) is 0.854. The number of halogens is 1. The first-order chi connectivity index (χ1) is 9.28. The van der Waals surface area contributed by atoms with Crippen molar-refractivity contribution in [1.29, 1.82) is 0 Å². The largest absolute Gasteiger partial charge is 0.392 e. The minimum atomic E-state index is 0.132. The van der Waals surface area contributed by atoms with Gasteiger partial charge in [-0.25, -0.2) is 0 Å². The molecule has 1 aliphatic rings. The molecule has 2 heterocycles. The first-order valence-electron chi connectivity index (χ1n) is 6.51. The van der Waals surface area contributed by atoms with E-state index in [0.29, 0.717) is 0 Å². The number of aromatic nitrogens is 1. The van der Waals surface area contributed by atoms with Crippen molar-refractivity contribution in [3.8, 4) is 0 Å². The number of hydrogen-bond acceptors (Lipinski definition) is 3. The average molecular weight is 319 g/mol. The second-order valence-electron chi connectivity index (χ2n) is 4.75. The SMILES string of the molecule is CCC1=NOC(Cc2ncc(Br)c3ccccc23)C1. The van der Waals surface area contributed by atoms with E-state index in [-0.39, 0.29) is 6.10 Å². The number of hydrogen-bond donors (Lipinski definition) is 0. The molecule has 1 aromatic carbocycles. The molecule has 1 atom stereocenters. The van der Waals surface area contributed by atoms with Crippen LogP contribution in [0.2, 0.25) is 0 Å². The van der Waals surface area contributed by atoms with Gasteiger partial charge >= 0.3 is 0 Å². The van der Waals surface area contributed by atoms with E-state index in [9.17, 15) is 0 Å². The third kappa shape index (κ3) is 2.50. The molecule has 3 nitrogen and oxygen atoms in total. The summed E-state index contributed by atoms with van der Waals surface area (Å²) in [5.74, 6) is 0. The molecule has 0 amide bonds. The van der Waals surface area contributed by atoms with Gasteiger partial charge in [-0.1, -0.05) is 36.3 Å². The van der Waals surface area contributed by atoms with E-state index in [1.54, 1.807) is 0 Å². The number of rotatable bonds is 3. The third-order valence-electron chi connectivity index (χ3n) is 3.45. The van der Waals surface area contributed by atoms with Gasteiger partial charge in [0.1, 0.15) is 6.10 Å². The van der Waals surface area contributed by atoms with Crippen LogP contribution in [0, 0.1) is 0 Å². The lowest BCUT2D eigenvalue weighted by molar-refractivity contribution is 0.0854. The van der Waals surface area contributed by atoms with E-state index in [2.05, 4.69) is 45.1 Å². The molecular formula is C15H15BrN2O. The van der Waals surface area contributed by atoms with Crippen molar-refractivity contribution in [2.75, 3.05) is 0 Å². The van der Waals surface area contributed by atoms with E-state index in [4.69, 9.17) is 4.84 Å². The molecule has 0 saturated heterocycles. The topological polar surface area (TPSA) is 34.5 Å². The second kappa shape index (κ2) is 5.29. The number of benzene rings is 1. The van der Waals surface area contributed by atoms with E-state index in [1.807, 2.05) is 18.3 Å². The summed E-state index contributed by atoms with van der Waals surface area (Å²) in [6.45, 7) is 2.11. The summed E-state index contributed by atoms with van der Waals surface area (Å²) in [7, 11) is 0. The molecule has 0 aliphatic carbocycles. The van der Waals surface area contributed by atoms with Crippen LogP contribution in [0.4, 0.5) is 0 Å². The van der Waals surface area contributed by atoms with Gasteiger partial charge in [-0.15, -0.1) is 0 Å². The molecule has 1 aliphatic heterocycles. The Kier molecular flexibility index (Phi) is 3.51. The summed E-state index contributed by atoms with van der Waals surface area (Å²) in [6.07, 6.45) is 4.69. The molecule has 0 saturated carbocycles. The Morgan fingerprint density at radius 1 is 1.32 bits per heavy atom. The van der Waals surface area contributed by atoms with Gasteiger partial charge in [0, 0.05) is 28.9 Å². The molecule has 0 spiro atoms. The summed E-state index contributed by atoms with van der Waals surface area (Å²) in [5, 5.41) is 6.49. The van der Waals surface area contributed by atoms with Gasteiger partial charge in [-0.2, -0.15) is 0 Å². The standard InChI is InChI=1S/C15H15BrN2O/c1-2-10-7-11(19-18-10)8-15-13-6-4-3-5-12(13)14(16)9-17-15/h3-6,9,11H,2,7-8H2,1H3. The predicted molar refractivity (Wildman–Crippen MR) is 80.4 cm³/mol. The molecule has 0 bridgehead atoms. The highest BCUT2D eigenvalue weighted by Gasteiger charge is 2.21. The maximum absolute atomic E-state index is 5.48. The molecule has 19 heavy (non-hydrogen) atoms. The minimum Gasteiger partial charge on any atom is -0.392 e. The zero-order valence-corrected chi connectivity index (χ0v) is 12.4. The Hall–Kier alpha value is -1.42. The fraction of sp³-hybridized carbons (Fsp3) is 0.333. The van der Waals surface area contributed by atoms with Crippen LogP contribution in [-0.2, 0) is 11.3 Å². The first-order valence-corrected chi connectivity index (χ1v) is 7.31. The lowest BCUT2D eigenvalue weighted by atomic mass is 10.0. The van der Waals surface area contributed by atoms with Gasteiger partial charge in [-0.3, -0.25) is 4.98 Å². The molecule has 0 N–H and O–H groups in total. The predicted octanol–water partition coefficient (Wildman–Crippen LogP) is 4.09. The van der Waals surface area contributed by atoms with Crippen LogP contribution >= 0.6 is 15.9 Å². The highest BCUT2D eigenvalue weighted by Crippen LogP contribution is 2.27. The van der Waals surface area contributed by atoms with Crippen molar-refractivity contribution < 1.29 is 4.84 Å². The Morgan fingerprint density at radius 2 is 2.11 bits per heavy atom. The van der Waals surface area contributed by atoms with E-state index in [0.717, 1.165) is 35.1 Å². The molecule has 1 aromatic heterocycles. The number of nitrogens with zero attached hydrogens (tertiary/aromatic N) is 2. The monoisotopic (exact) mass is 318 g/mol. The summed E-state index contributed by atoms with van der Waals surface area (Å²) in [4.78, 5) is 10.0. The lowest BCUT2D eigenvalue weighted by Crippen LogP contribution is -2.12. The molecular weight excluding hydrogens is 304 g/mol. The Balaban J connectivity index is 1.88. The van der Waals surface area contributed by atoms with Gasteiger partial charge in [-0.05, 0) is 27.7 Å². The molecule has 3 rings (SSSR count). The molecule has 2 aromatic rings. The Bertz CT molecular complexity index is 639. The summed E-state index contributed by atoms with van der Waals surface area (Å²) in [5.41, 5.74) is 2.22. The van der Waals surface area contributed by atoms with E-state index >= 15 is 0 Å². The summed E-state index contributed by atoms with van der Waals surface area (Å²) >= 11 is 3.55. The maximum atomic E-state index is 5.48. The first kappa shape index (κ1) is 12.6. The minimum absolute atomic E-state index is 0.132. The summed E-state index contributed by atoms with van der Waals surface area (Å²) in [6, 6.07) is 8.30. The van der Waals surface area contributed by atoms with Gasteiger partial charge in [0.05, 0.1) is 11.4 Å². The number of fused-ring (bicyclic) bond motifs is 1. The van der Waals surface area contributed by atoms with E-state index in [1.165, 1.54) is 10.8 Å². The smallest absolute Gasteiger partial charge is 0.138 e. The van der Waals surface area contributed by atoms with Crippen LogP contribution in [0.3, 0.4) is 0 Å². The van der Waals surface area contributed by atoms with Crippen molar-refractivity contribution in [3.05, 3.63) is 40.6 Å². The van der Waals surface area contributed by atoms with Gasteiger partial charge in [0.15, 0.2) is 0 Å². The average Bonchev–Trinajstić information content (AvgIpc) is 2.90. The van der Waals surface area contributed by atoms with Gasteiger partial charge in [0.2, 0.25) is 0 Å². The molecule has 0 radical (unpaired) electrons. The number of oxime groups is 1. The van der Waals surface area contributed by atoms with Crippen LogP contribution in [0.5, 0.6) is 0 Å². The zero-order valence-electron chi connectivity index (χ0n) is 10.8. The van der Waals surface area contributed by atoms with Crippen molar-refractivity contribution in [2.45, 2.75) is 32.3 Å². The van der Waals surface area contributed by atoms with Gasteiger partial charge in [0.25, 0.3) is 0 Å². The van der Waals surface area contributed by atoms with Crippen LogP contribution in [0.15, 0.2) is 40.1 Å². The van der Waals surface area contributed by atoms with Crippen LogP contribution < -0.4 is 0 Å². The highest BCUT2D eigenvalue weighted by atomic mass is 79.9. The van der Waals surface area contributed by atoms with Crippen LogP contribution in [0.1, 0.15) is 25.5 Å². The van der Waals surface area contributed by atoms with Crippen molar-refractivity contribution in [1.82, 2.24) is 4.98 Å². The van der Waals surface area contributed by atoms with Crippen LogP contribution in [-0.4, -0.2) is 16.8 Å². The molecule has 4 heteroatoms. The summed E-state index contributed by atoms with van der Waals surface area (Å²) < 4.78 is 1.03. The molecule has 0 fully saturated rings. The van der Waals surface area contributed by atoms with Crippen LogP contribution in [0.25, 0.3) is 10.8 Å². The van der Waals surface area contributed by atoms with Crippen molar-refractivity contribution in [2.24, 2.45) is 5.16 Å². The molecule has 1 unspecified atom stereocenters. The molecule has 98 valence electrons. The normalized spacial score (nSPS) is 18.4. The second-order valence-corrected chi connectivity index (χ2v) is 5.60. The van der Waals surface area contributed by atoms with Crippen molar-refractivity contribution >= 4 is 32.4 Å². The Morgan fingerprint density at radius 3 is 2.84 bits per heavy atom. The van der Waals surface area contributed by atoms with Gasteiger partial charge < -0.3 is 4.84 Å². The maximum Gasteiger partial charge on any atom is 0.138 e. The third-order valence-corrected chi connectivity index (χ3v) is 4.08. The Labute approximate surface area is 120 Å². The van der Waals surface area contributed by atoms with E-state index < -0.39 is 0 Å². The lowest BCUT2D eigenvalue weighted by Gasteiger charge is -2.10.